The van der Waals surface area contributed by atoms with E-state index in [9.17, 15) is 9.18 Å². The molecule has 1 aromatic heterocycles. The Morgan fingerprint density at radius 1 is 1.38 bits per heavy atom. The first kappa shape index (κ1) is 14.0. The smallest absolute Gasteiger partial charge is 0.319 e. The quantitative estimate of drug-likeness (QED) is 0.881. The summed E-state index contributed by atoms with van der Waals surface area (Å²) in [6, 6.07) is 4.42. The predicted molar refractivity (Wildman–Crippen MR) is 77.4 cm³/mol. The number of aromatic nitrogens is 2. The van der Waals surface area contributed by atoms with Gasteiger partial charge in [0.1, 0.15) is 17.1 Å². The van der Waals surface area contributed by atoms with Gasteiger partial charge in [-0.1, -0.05) is 19.3 Å². The monoisotopic (exact) mass is 290 g/mol. The summed E-state index contributed by atoms with van der Waals surface area (Å²) >= 11 is 0. The highest BCUT2D eigenvalue weighted by Gasteiger charge is 2.45. The van der Waals surface area contributed by atoms with Crippen molar-refractivity contribution in [3.8, 4) is 0 Å². The highest BCUT2D eigenvalue weighted by atomic mass is 19.1. The number of fused-ring (bicyclic) bond motifs is 1. The number of benzene rings is 1. The molecule has 1 aliphatic carbocycles. The molecule has 1 fully saturated rings. The number of ether oxygens (including phenoxy) is 1. The van der Waals surface area contributed by atoms with E-state index in [1.54, 1.807) is 6.07 Å². The van der Waals surface area contributed by atoms with Gasteiger partial charge >= 0.3 is 5.97 Å². The highest BCUT2D eigenvalue weighted by molar-refractivity contribution is 5.84. The van der Waals surface area contributed by atoms with Gasteiger partial charge in [0.15, 0.2) is 0 Å². The average Bonchev–Trinajstić information content (AvgIpc) is 2.91. The Labute approximate surface area is 122 Å². The molecule has 1 aromatic carbocycles. The Balaban J connectivity index is 2.07. The Morgan fingerprint density at radius 3 is 2.86 bits per heavy atom. The van der Waals surface area contributed by atoms with Crippen LogP contribution in [0, 0.1) is 5.82 Å². The van der Waals surface area contributed by atoms with Gasteiger partial charge in [-0.2, -0.15) is 0 Å². The summed E-state index contributed by atoms with van der Waals surface area (Å²) in [7, 11) is 0. The summed E-state index contributed by atoms with van der Waals surface area (Å²) < 4.78 is 18.6. The lowest BCUT2D eigenvalue weighted by atomic mass is 9.73. The Morgan fingerprint density at radius 2 is 2.14 bits per heavy atom. The second-order valence-electron chi connectivity index (χ2n) is 5.61. The molecule has 3 rings (SSSR count). The third-order valence-corrected chi connectivity index (χ3v) is 4.27. The van der Waals surface area contributed by atoms with E-state index in [0.29, 0.717) is 23.5 Å². The minimum atomic E-state index is -0.705. The molecule has 0 saturated heterocycles. The average molecular weight is 290 g/mol. The van der Waals surface area contributed by atoms with Crippen LogP contribution in [0.15, 0.2) is 18.2 Å². The molecule has 0 aliphatic heterocycles. The molecule has 0 spiro atoms. The van der Waals surface area contributed by atoms with E-state index >= 15 is 0 Å². The van der Waals surface area contributed by atoms with Crippen molar-refractivity contribution in [1.29, 1.82) is 0 Å². The summed E-state index contributed by atoms with van der Waals surface area (Å²) in [6.45, 7) is 2.16. The van der Waals surface area contributed by atoms with Gasteiger partial charge in [-0.05, 0) is 38.0 Å². The van der Waals surface area contributed by atoms with Crippen molar-refractivity contribution in [3.05, 3.63) is 29.8 Å². The number of halogens is 1. The van der Waals surface area contributed by atoms with Crippen molar-refractivity contribution >= 4 is 17.0 Å². The normalized spacial score (nSPS) is 17.8. The van der Waals surface area contributed by atoms with Crippen molar-refractivity contribution in [3.63, 3.8) is 0 Å². The van der Waals surface area contributed by atoms with Gasteiger partial charge < -0.3 is 9.72 Å². The number of hydrogen-bond acceptors (Lipinski definition) is 3. The number of H-pyrrole nitrogens is 1. The lowest BCUT2D eigenvalue weighted by molar-refractivity contribution is -0.152. The molecule has 1 saturated carbocycles. The molecule has 0 amide bonds. The third kappa shape index (κ3) is 2.41. The van der Waals surface area contributed by atoms with Crippen molar-refractivity contribution in [2.24, 2.45) is 0 Å². The standard InChI is InChI=1S/C16H19FN2O2/c1-2-21-15(20)16(8-4-3-5-9-16)14-18-12-7-6-11(17)10-13(12)19-14/h6-7,10H,2-5,8-9H2,1H3,(H,18,19). The lowest BCUT2D eigenvalue weighted by Gasteiger charge is -2.32. The zero-order chi connectivity index (χ0) is 14.9. The van der Waals surface area contributed by atoms with Crippen LogP contribution in [0.25, 0.3) is 11.0 Å². The molecule has 0 bridgehead atoms. The van der Waals surface area contributed by atoms with Crippen LogP contribution in [-0.4, -0.2) is 22.5 Å². The third-order valence-electron chi connectivity index (χ3n) is 4.27. The maximum absolute atomic E-state index is 13.3. The number of aromatic amines is 1. The Hall–Kier alpha value is -1.91. The summed E-state index contributed by atoms with van der Waals surface area (Å²) in [5, 5.41) is 0. The van der Waals surface area contributed by atoms with Crippen LogP contribution in [0.4, 0.5) is 4.39 Å². The molecule has 0 unspecified atom stereocenters. The summed E-state index contributed by atoms with van der Waals surface area (Å²) in [5.41, 5.74) is 0.601. The SMILES string of the molecule is CCOC(=O)C1(c2nc3ccc(F)cc3[nH]2)CCCCC1. The second-order valence-corrected chi connectivity index (χ2v) is 5.61. The number of carbonyl (C=O) groups is 1. The maximum atomic E-state index is 13.3. The van der Waals surface area contributed by atoms with Gasteiger partial charge in [-0.15, -0.1) is 0 Å². The number of esters is 1. The van der Waals surface area contributed by atoms with E-state index in [0.717, 1.165) is 32.1 Å². The maximum Gasteiger partial charge on any atom is 0.319 e. The molecule has 1 N–H and O–H groups in total. The minimum absolute atomic E-state index is 0.218. The Kier molecular flexibility index (Phi) is 3.66. The summed E-state index contributed by atoms with van der Waals surface area (Å²) in [4.78, 5) is 20.2. The van der Waals surface area contributed by atoms with Crippen molar-refractivity contribution in [1.82, 2.24) is 9.97 Å². The molecule has 2 aromatic rings. The number of nitrogens with zero attached hydrogens (tertiary/aromatic N) is 1. The predicted octanol–water partition coefficient (Wildman–Crippen LogP) is 3.47. The lowest BCUT2D eigenvalue weighted by Crippen LogP contribution is -2.40. The number of nitrogens with one attached hydrogen (secondary N) is 1. The van der Waals surface area contributed by atoms with Crippen LogP contribution >= 0.6 is 0 Å². The van der Waals surface area contributed by atoms with Gasteiger partial charge in [0.25, 0.3) is 0 Å². The van der Waals surface area contributed by atoms with E-state index < -0.39 is 5.41 Å². The van der Waals surface area contributed by atoms with Crippen molar-refractivity contribution in [2.45, 2.75) is 44.4 Å². The molecule has 112 valence electrons. The fraction of sp³-hybridized carbons (Fsp3) is 0.500. The molecule has 21 heavy (non-hydrogen) atoms. The minimum Gasteiger partial charge on any atom is -0.465 e. The topological polar surface area (TPSA) is 55.0 Å². The number of rotatable bonds is 3. The molecule has 1 aliphatic rings. The number of hydrogen-bond donors (Lipinski definition) is 1. The molecule has 0 radical (unpaired) electrons. The van der Waals surface area contributed by atoms with Crippen LogP contribution < -0.4 is 0 Å². The fourth-order valence-corrected chi connectivity index (χ4v) is 3.17. The first-order valence-corrected chi connectivity index (χ1v) is 7.49. The van der Waals surface area contributed by atoms with Crippen LogP contribution in [0.1, 0.15) is 44.9 Å². The largest absolute Gasteiger partial charge is 0.465 e. The molecule has 4 nitrogen and oxygen atoms in total. The summed E-state index contributed by atoms with van der Waals surface area (Å²) in [6.07, 6.45) is 4.53. The van der Waals surface area contributed by atoms with Crippen LogP contribution in [0.3, 0.4) is 0 Å². The van der Waals surface area contributed by atoms with Gasteiger partial charge in [0.05, 0.1) is 17.6 Å². The zero-order valence-electron chi connectivity index (χ0n) is 12.1. The van der Waals surface area contributed by atoms with Gasteiger partial charge in [0, 0.05) is 0 Å². The van der Waals surface area contributed by atoms with Crippen molar-refractivity contribution < 1.29 is 13.9 Å². The number of carbonyl (C=O) groups excluding carboxylic acids is 1. The van der Waals surface area contributed by atoms with E-state index in [2.05, 4.69) is 9.97 Å². The fourth-order valence-electron chi connectivity index (χ4n) is 3.17. The zero-order valence-corrected chi connectivity index (χ0v) is 12.1. The first-order chi connectivity index (χ1) is 10.2. The van der Waals surface area contributed by atoms with Crippen LogP contribution in [0.5, 0.6) is 0 Å². The van der Waals surface area contributed by atoms with Gasteiger partial charge in [-0.3, -0.25) is 4.79 Å². The van der Waals surface area contributed by atoms with E-state index in [4.69, 9.17) is 4.74 Å². The van der Waals surface area contributed by atoms with Crippen LogP contribution in [-0.2, 0) is 14.9 Å². The first-order valence-electron chi connectivity index (χ1n) is 7.49. The Bertz CT molecular complexity index is 659. The van der Waals surface area contributed by atoms with E-state index in [1.807, 2.05) is 6.92 Å². The van der Waals surface area contributed by atoms with Crippen molar-refractivity contribution in [2.75, 3.05) is 6.61 Å². The molecular formula is C16H19FN2O2. The van der Waals surface area contributed by atoms with Crippen LogP contribution in [0.2, 0.25) is 0 Å². The highest BCUT2D eigenvalue weighted by Crippen LogP contribution is 2.40. The van der Waals surface area contributed by atoms with E-state index in [-0.39, 0.29) is 11.8 Å². The molecule has 1 heterocycles. The van der Waals surface area contributed by atoms with Gasteiger partial charge in [-0.25, -0.2) is 9.37 Å². The molecular weight excluding hydrogens is 271 g/mol. The number of imidazole rings is 1. The van der Waals surface area contributed by atoms with Gasteiger partial charge in [0.2, 0.25) is 0 Å². The van der Waals surface area contributed by atoms with E-state index in [1.165, 1.54) is 12.1 Å². The molecule has 0 atom stereocenters. The molecule has 5 heteroatoms. The summed E-state index contributed by atoms with van der Waals surface area (Å²) in [5.74, 6) is 0.0806. The second kappa shape index (κ2) is 5.47.